The summed E-state index contributed by atoms with van der Waals surface area (Å²) in [5.41, 5.74) is 0.461. The van der Waals surface area contributed by atoms with E-state index in [1.54, 1.807) is 41.5 Å². The lowest BCUT2D eigenvalue weighted by Crippen LogP contribution is -2.44. The summed E-state index contributed by atoms with van der Waals surface area (Å²) in [7, 11) is 0. The summed E-state index contributed by atoms with van der Waals surface area (Å²) >= 11 is 0. The largest absolute Gasteiger partial charge is 0.443 e. The highest BCUT2D eigenvalue weighted by molar-refractivity contribution is 5.88. The van der Waals surface area contributed by atoms with Gasteiger partial charge in [0, 0.05) is 6.54 Å². The highest BCUT2D eigenvalue weighted by Crippen LogP contribution is 2.46. The van der Waals surface area contributed by atoms with E-state index < -0.39 is 23.4 Å². The van der Waals surface area contributed by atoms with Crippen molar-refractivity contribution in [1.82, 2.24) is 4.90 Å². The van der Waals surface area contributed by atoms with Crippen LogP contribution in [0.25, 0.3) is 0 Å². The van der Waals surface area contributed by atoms with Gasteiger partial charge in [-0.05, 0) is 84.1 Å². The van der Waals surface area contributed by atoms with E-state index in [1.165, 1.54) is 50.5 Å². The van der Waals surface area contributed by atoms with Crippen LogP contribution in [-0.4, -0.2) is 34.8 Å². The minimum Gasteiger partial charge on any atom is -0.443 e. The van der Waals surface area contributed by atoms with E-state index in [1.807, 2.05) is 0 Å². The van der Waals surface area contributed by atoms with Crippen molar-refractivity contribution in [1.29, 1.82) is 0 Å². The normalized spacial score (nSPS) is 20.6. The van der Waals surface area contributed by atoms with Crippen molar-refractivity contribution in [2.75, 3.05) is 6.54 Å². The fourth-order valence-electron chi connectivity index (χ4n) is 5.54. The maximum absolute atomic E-state index is 12.7. The number of carbonyl (C=O) groups excluding carboxylic acids is 2. The molecule has 1 aromatic rings. The Morgan fingerprint density at radius 1 is 0.917 bits per heavy atom. The number of ether oxygens (including phenoxy) is 2. The van der Waals surface area contributed by atoms with Gasteiger partial charge in [-0.3, -0.25) is 0 Å². The molecule has 2 amide bonds. The lowest BCUT2D eigenvalue weighted by molar-refractivity contribution is 0.00118. The van der Waals surface area contributed by atoms with Gasteiger partial charge in [-0.25, -0.2) is 14.5 Å². The molecule has 1 fully saturated rings. The summed E-state index contributed by atoms with van der Waals surface area (Å²) < 4.78 is 10.9. The van der Waals surface area contributed by atoms with Crippen molar-refractivity contribution < 1.29 is 19.1 Å². The molecule has 204 valence electrons. The van der Waals surface area contributed by atoms with Gasteiger partial charge >= 0.3 is 12.2 Å². The zero-order valence-corrected chi connectivity index (χ0v) is 24.0. The quantitative estimate of drug-likeness (QED) is 0.300. The van der Waals surface area contributed by atoms with Crippen molar-refractivity contribution in [2.24, 2.45) is 5.92 Å². The van der Waals surface area contributed by atoms with Gasteiger partial charge in [-0.15, -0.1) is 0 Å². The maximum Gasteiger partial charge on any atom is 0.419 e. The number of nitrogens with zero attached hydrogens (tertiary/aromatic N) is 1. The van der Waals surface area contributed by atoms with Gasteiger partial charge in [-0.1, -0.05) is 82.2 Å². The molecule has 1 saturated carbocycles. The molecule has 0 radical (unpaired) electrons. The van der Waals surface area contributed by atoms with Crippen LogP contribution in [0.2, 0.25) is 0 Å². The Kier molecular flexibility index (Phi) is 11.3. The van der Waals surface area contributed by atoms with Crippen LogP contribution in [0.1, 0.15) is 125 Å². The lowest BCUT2D eigenvalue weighted by Gasteiger charge is -2.42. The monoisotopic (exact) mass is 501 g/mol. The molecule has 1 aliphatic rings. The van der Waals surface area contributed by atoms with E-state index in [0.717, 1.165) is 36.5 Å². The lowest BCUT2D eigenvalue weighted by atomic mass is 9.63. The standard InChI is InChI=1S/C31H51NO4/c1-8-17-25-18-16-22-31(24-25,26-19-12-11-13-20-26)21-14-9-10-15-23-32(27(33)35-29(2,3)4)28(34)36-30(5,6)7/h11-13,19-20,25H,8-10,14-18,21-24H2,1-7H3. The molecule has 1 aromatic carbocycles. The van der Waals surface area contributed by atoms with Gasteiger partial charge in [-0.2, -0.15) is 0 Å². The molecule has 0 heterocycles. The Balaban J connectivity index is 1.93. The van der Waals surface area contributed by atoms with Gasteiger partial charge in [0.15, 0.2) is 0 Å². The summed E-state index contributed by atoms with van der Waals surface area (Å²) in [5, 5.41) is 0. The number of imide groups is 1. The van der Waals surface area contributed by atoms with E-state index in [0.29, 0.717) is 12.0 Å². The number of unbranched alkanes of at least 4 members (excludes halogenated alkanes) is 3. The number of hydrogen-bond acceptors (Lipinski definition) is 4. The summed E-state index contributed by atoms with van der Waals surface area (Å²) in [6.07, 6.45) is 11.8. The molecule has 1 aliphatic carbocycles. The van der Waals surface area contributed by atoms with Crippen molar-refractivity contribution in [3.8, 4) is 0 Å². The topological polar surface area (TPSA) is 55.8 Å². The van der Waals surface area contributed by atoms with Crippen molar-refractivity contribution in [3.05, 3.63) is 35.9 Å². The molecule has 2 atom stereocenters. The second-order valence-corrected chi connectivity index (χ2v) is 12.7. The molecular formula is C31H51NO4. The summed E-state index contributed by atoms with van der Waals surface area (Å²) in [5.74, 6) is 0.833. The molecule has 0 aliphatic heterocycles. The van der Waals surface area contributed by atoms with Crippen LogP contribution >= 0.6 is 0 Å². The van der Waals surface area contributed by atoms with Crippen LogP contribution in [0.15, 0.2) is 30.3 Å². The number of benzene rings is 1. The van der Waals surface area contributed by atoms with Gasteiger partial charge in [0.05, 0.1) is 0 Å². The Morgan fingerprint density at radius 3 is 2.06 bits per heavy atom. The average molecular weight is 502 g/mol. The van der Waals surface area contributed by atoms with Crippen molar-refractivity contribution in [2.45, 2.75) is 136 Å². The smallest absolute Gasteiger partial charge is 0.419 e. The Bertz CT molecular complexity index is 778. The van der Waals surface area contributed by atoms with Crippen molar-refractivity contribution >= 4 is 12.2 Å². The zero-order chi connectivity index (χ0) is 26.8. The van der Waals surface area contributed by atoms with Gasteiger partial charge in [0.2, 0.25) is 0 Å². The number of rotatable bonds is 10. The second-order valence-electron chi connectivity index (χ2n) is 12.7. The Hall–Kier alpha value is -2.04. The highest BCUT2D eigenvalue weighted by Gasteiger charge is 2.37. The molecule has 36 heavy (non-hydrogen) atoms. The van der Waals surface area contributed by atoms with Gasteiger partial charge in [0.1, 0.15) is 11.2 Å². The minimum atomic E-state index is -0.668. The molecule has 0 saturated heterocycles. The number of hydrogen-bond donors (Lipinski definition) is 0. The Morgan fingerprint density at radius 2 is 1.50 bits per heavy atom. The van der Waals surface area contributed by atoms with Crippen LogP contribution < -0.4 is 0 Å². The predicted octanol–water partition coefficient (Wildman–Crippen LogP) is 9.04. The van der Waals surface area contributed by atoms with E-state index in [-0.39, 0.29) is 0 Å². The molecule has 2 rings (SSSR count). The first kappa shape index (κ1) is 30.2. The third-order valence-corrected chi connectivity index (χ3v) is 7.05. The molecule has 5 nitrogen and oxygen atoms in total. The highest BCUT2D eigenvalue weighted by atomic mass is 16.6. The van der Waals surface area contributed by atoms with Crippen LogP contribution in [0.3, 0.4) is 0 Å². The number of amides is 2. The fourth-order valence-corrected chi connectivity index (χ4v) is 5.54. The van der Waals surface area contributed by atoms with E-state index in [4.69, 9.17) is 9.47 Å². The molecule has 0 spiro atoms. The molecule has 0 N–H and O–H groups in total. The van der Waals surface area contributed by atoms with Gasteiger partial charge < -0.3 is 9.47 Å². The van der Waals surface area contributed by atoms with E-state index in [2.05, 4.69) is 37.3 Å². The SMILES string of the molecule is CCCC1CCCC(CCCCCCN(C(=O)OC(C)(C)C)C(=O)OC(C)(C)C)(c2ccccc2)C1. The molecule has 5 heteroatoms. The maximum atomic E-state index is 12.7. The van der Waals surface area contributed by atoms with Crippen LogP contribution in [0.5, 0.6) is 0 Å². The molecule has 2 unspecified atom stereocenters. The zero-order valence-electron chi connectivity index (χ0n) is 24.0. The first-order valence-corrected chi connectivity index (χ1v) is 14.1. The third-order valence-electron chi connectivity index (χ3n) is 7.05. The molecular weight excluding hydrogens is 450 g/mol. The molecule has 0 bridgehead atoms. The fraction of sp³-hybridized carbons (Fsp3) is 0.742. The van der Waals surface area contributed by atoms with E-state index in [9.17, 15) is 9.59 Å². The first-order valence-electron chi connectivity index (χ1n) is 14.1. The van der Waals surface area contributed by atoms with Crippen molar-refractivity contribution in [3.63, 3.8) is 0 Å². The van der Waals surface area contributed by atoms with Crippen LogP contribution in [0, 0.1) is 5.92 Å². The Labute approximate surface area is 220 Å². The minimum absolute atomic E-state index is 0.290. The average Bonchev–Trinajstić information content (AvgIpc) is 2.77. The van der Waals surface area contributed by atoms with Crippen LogP contribution in [0.4, 0.5) is 9.59 Å². The third kappa shape index (κ3) is 10.1. The van der Waals surface area contributed by atoms with Crippen LogP contribution in [-0.2, 0) is 14.9 Å². The first-order chi connectivity index (χ1) is 16.9. The number of carbonyl (C=O) groups is 2. The molecule has 0 aromatic heterocycles. The summed E-state index contributed by atoms with van der Waals surface area (Å²) in [6.45, 7) is 13.4. The summed E-state index contributed by atoms with van der Waals surface area (Å²) in [4.78, 5) is 26.5. The predicted molar refractivity (Wildman–Crippen MR) is 147 cm³/mol. The van der Waals surface area contributed by atoms with Gasteiger partial charge in [0.25, 0.3) is 0 Å². The second kappa shape index (κ2) is 13.5. The summed E-state index contributed by atoms with van der Waals surface area (Å²) in [6, 6.07) is 11.1. The van der Waals surface area contributed by atoms with E-state index >= 15 is 0 Å².